The normalized spacial score (nSPS) is 16.8. The molecule has 1 aliphatic rings. The Balaban J connectivity index is 2.34. The maximum atomic E-state index is 13.6. The van der Waals surface area contributed by atoms with Crippen molar-refractivity contribution >= 4 is 15.9 Å². The van der Waals surface area contributed by atoms with E-state index < -0.39 is 38.0 Å². The van der Waals surface area contributed by atoms with Gasteiger partial charge in [-0.1, -0.05) is 0 Å². The topological polar surface area (TPSA) is 89.3 Å². The summed E-state index contributed by atoms with van der Waals surface area (Å²) in [5.74, 6) is -3.35. The van der Waals surface area contributed by atoms with Crippen LogP contribution in [0.2, 0.25) is 0 Å². The fourth-order valence-corrected chi connectivity index (χ4v) is 2.44. The van der Waals surface area contributed by atoms with Crippen LogP contribution in [0, 0.1) is 17.6 Å². The van der Waals surface area contributed by atoms with Crippen LogP contribution in [0.5, 0.6) is 0 Å². The molecule has 0 aliphatic heterocycles. The maximum Gasteiger partial charge on any atom is 0.254 e. The molecule has 1 unspecified atom stereocenters. The molecule has 20 heavy (non-hydrogen) atoms. The van der Waals surface area contributed by atoms with Gasteiger partial charge >= 0.3 is 0 Å². The first-order valence-corrected chi connectivity index (χ1v) is 7.57. The molecule has 1 fully saturated rings. The summed E-state index contributed by atoms with van der Waals surface area (Å²) in [4.78, 5) is 11.2. The number of hydrogen-bond donors (Lipinski definition) is 2. The number of sulfonamides is 1. The van der Waals surface area contributed by atoms with Gasteiger partial charge in [-0.2, -0.15) is 0 Å². The SMILES string of the molecule is CC(NC(=O)c1cc(S(N)(=O)=O)cc(F)c1F)C1CC1. The largest absolute Gasteiger partial charge is 0.349 e. The van der Waals surface area contributed by atoms with Crippen LogP contribution in [0.15, 0.2) is 17.0 Å². The molecule has 1 amide bonds. The van der Waals surface area contributed by atoms with Crippen LogP contribution in [0.1, 0.15) is 30.1 Å². The number of nitrogens with two attached hydrogens (primary N) is 1. The van der Waals surface area contributed by atoms with Crippen molar-refractivity contribution in [2.45, 2.75) is 30.7 Å². The summed E-state index contributed by atoms with van der Waals surface area (Å²) < 4.78 is 49.3. The second-order valence-electron chi connectivity index (χ2n) is 4.91. The lowest BCUT2D eigenvalue weighted by Crippen LogP contribution is -2.34. The summed E-state index contributed by atoms with van der Waals surface area (Å²) in [6.07, 6.45) is 1.94. The first-order valence-electron chi connectivity index (χ1n) is 6.03. The standard InChI is InChI=1S/C12H14F2N2O3S/c1-6(7-2-3-7)16-12(17)9-4-8(20(15,18)19)5-10(13)11(9)14/h4-7H,2-3H2,1H3,(H,16,17)(H2,15,18,19). The lowest BCUT2D eigenvalue weighted by molar-refractivity contribution is 0.0930. The van der Waals surface area contributed by atoms with Crippen molar-refractivity contribution in [2.24, 2.45) is 11.1 Å². The van der Waals surface area contributed by atoms with Crippen LogP contribution >= 0.6 is 0 Å². The highest BCUT2D eigenvalue weighted by atomic mass is 32.2. The fourth-order valence-electron chi connectivity index (χ4n) is 1.89. The Kier molecular flexibility index (Phi) is 3.79. The van der Waals surface area contributed by atoms with Crippen molar-refractivity contribution in [3.05, 3.63) is 29.3 Å². The minimum Gasteiger partial charge on any atom is -0.349 e. The van der Waals surface area contributed by atoms with Gasteiger partial charge in [0.1, 0.15) is 0 Å². The number of primary sulfonamides is 1. The first kappa shape index (κ1) is 14.9. The van der Waals surface area contributed by atoms with E-state index in [1.807, 2.05) is 0 Å². The third-order valence-corrected chi connectivity index (χ3v) is 4.16. The molecule has 1 atom stereocenters. The number of amides is 1. The molecule has 0 spiro atoms. The molecule has 0 saturated heterocycles. The molecule has 1 aromatic carbocycles. The zero-order valence-electron chi connectivity index (χ0n) is 10.7. The molecule has 1 aliphatic carbocycles. The van der Waals surface area contributed by atoms with Crippen LogP contribution in [-0.2, 0) is 10.0 Å². The number of rotatable bonds is 4. The van der Waals surface area contributed by atoms with Crippen molar-refractivity contribution in [1.29, 1.82) is 0 Å². The second-order valence-corrected chi connectivity index (χ2v) is 6.47. The van der Waals surface area contributed by atoms with E-state index in [4.69, 9.17) is 5.14 Å². The first-order chi connectivity index (χ1) is 9.20. The van der Waals surface area contributed by atoms with E-state index >= 15 is 0 Å². The van der Waals surface area contributed by atoms with Crippen LogP contribution in [0.25, 0.3) is 0 Å². The Morgan fingerprint density at radius 3 is 2.50 bits per heavy atom. The number of halogens is 2. The van der Waals surface area contributed by atoms with Gasteiger partial charge in [0.15, 0.2) is 11.6 Å². The summed E-state index contributed by atoms with van der Waals surface area (Å²) in [6.45, 7) is 1.76. The molecule has 3 N–H and O–H groups in total. The molecule has 110 valence electrons. The summed E-state index contributed by atoms with van der Waals surface area (Å²) in [5.41, 5.74) is -0.665. The number of benzene rings is 1. The summed E-state index contributed by atoms with van der Waals surface area (Å²) in [6, 6.07) is 1.01. The third-order valence-electron chi connectivity index (χ3n) is 3.26. The lowest BCUT2D eigenvalue weighted by Gasteiger charge is -2.13. The zero-order valence-corrected chi connectivity index (χ0v) is 11.5. The molecule has 1 saturated carbocycles. The Morgan fingerprint density at radius 1 is 1.40 bits per heavy atom. The molecule has 2 rings (SSSR count). The monoisotopic (exact) mass is 304 g/mol. The average Bonchev–Trinajstić information content (AvgIpc) is 3.14. The number of carbonyl (C=O) groups excluding carboxylic acids is 1. The van der Waals surface area contributed by atoms with E-state index in [1.54, 1.807) is 6.92 Å². The van der Waals surface area contributed by atoms with Gasteiger partial charge in [0.05, 0.1) is 10.5 Å². The van der Waals surface area contributed by atoms with Crippen molar-refractivity contribution in [1.82, 2.24) is 5.32 Å². The average molecular weight is 304 g/mol. The minimum atomic E-state index is -4.22. The Hall–Kier alpha value is -1.54. The van der Waals surface area contributed by atoms with E-state index in [1.165, 1.54) is 0 Å². The Morgan fingerprint density at radius 2 is 2.00 bits per heavy atom. The maximum absolute atomic E-state index is 13.6. The highest BCUT2D eigenvalue weighted by molar-refractivity contribution is 7.89. The van der Waals surface area contributed by atoms with Crippen molar-refractivity contribution in [2.75, 3.05) is 0 Å². The predicted molar refractivity (Wildman–Crippen MR) is 67.4 cm³/mol. The number of carbonyl (C=O) groups is 1. The van der Waals surface area contributed by atoms with Gasteiger partial charge in [-0.25, -0.2) is 22.3 Å². The van der Waals surface area contributed by atoms with E-state index in [0.29, 0.717) is 12.0 Å². The number of hydrogen-bond acceptors (Lipinski definition) is 3. The molecule has 8 heteroatoms. The van der Waals surface area contributed by atoms with E-state index in [9.17, 15) is 22.0 Å². The van der Waals surface area contributed by atoms with Crippen molar-refractivity contribution < 1.29 is 22.0 Å². The van der Waals surface area contributed by atoms with Crippen LogP contribution in [-0.4, -0.2) is 20.4 Å². The van der Waals surface area contributed by atoms with Crippen LogP contribution in [0.4, 0.5) is 8.78 Å². The van der Waals surface area contributed by atoms with Gasteiger partial charge < -0.3 is 5.32 Å². The highest BCUT2D eigenvalue weighted by Gasteiger charge is 2.30. The Labute approximate surface area is 115 Å². The smallest absolute Gasteiger partial charge is 0.254 e. The quantitative estimate of drug-likeness (QED) is 0.874. The van der Waals surface area contributed by atoms with Gasteiger partial charge in [-0.05, 0) is 37.8 Å². The lowest BCUT2D eigenvalue weighted by atomic mass is 10.1. The van der Waals surface area contributed by atoms with Gasteiger partial charge in [0.2, 0.25) is 10.0 Å². The summed E-state index contributed by atoms with van der Waals surface area (Å²) in [5, 5.41) is 7.38. The molecule has 5 nitrogen and oxygen atoms in total. The van der Waals surface area contributed by atoms with Gasteiger partial charge in [0.25, 0.3) is 5.91 Å². The molecule has 0 heterocycles. The predicted octanol–water partition coefficient (Wildman–Crippen LogP) is 1.14. The van der Waals surface area contributed by atoms with E-state index in [0.717, 1.165) is 18.9 Å². The van der Waals surface area contributed by atoms with Crippen LogP contribution in [0.3, 0.4) is 0 Å². The van der Waals surface area contributed by atoms with Crippen molar-refractivity contribution in [3.63, 3.8) is 0 Å². The van der Waals surface area contributed by atoms with E-state index in [2.05, 4.69) is 5.32 Å². The molecule has 0 radical (unpaired) electrons. The zero-order chi connectivity index (χ0) is 15.1. The van der Waals surface area contributed by atoms with Gasteiger partial charge in [-0.15, -0.1) is 0 Å². The second kappa shape index (κ2) is 5.10. The highest BCUT2D eigenvalue weighted by Crippen LogP contribution is 2.32. The third kappa shape index (κ3) is 3.13. The van der Waals surface area contributed by atoms with Crippen molar-refractivity contribution in [3.8, 4) is 0 Å². The minimum absolute atomic E-state index is 0.178. The summed E-state index contributed by atoms with van der Waals surface area (Å²) >= 11 is 0. The molecular formula is C12H14F2N2O3S. The van der Waals surface area contributed by atoms with Gasteiger partial charge in [0, 0.05) is 6.04 Å². The molecule has 1 aromatic rings. The van der Waals surface area contributed by atoms with E-state index in [-0.39, 0.29) is 6.04 Å². The summed E-state index contributed by atoms with van der Waals surface area (Å²) in [7, 11) is -4.22. The molecular weight excluding hydrogens is 290 g/mol. The molecule has 0 aromatic heterocycles. The van der Waals surface area contributed by atoms with Crippen LogP contribution < -0.4 is 10.5 Å². The fraction of sp³-hybridized carbons (Fsp3) is 0.417. The number of nitrogens with one attached hydrogen (secondary N) is 1. The van der Waals surface area contributed by atoms with Gasteiger partial charge in [-0.3, -0.25) is 4.79 Å². The Bertz CT molecular complexity index is 657. The molecule has 0 bridgehead atoms.